The van der Waals surface area contributed by atoms with Gasteiger partial charge in [-0.25, -0.2) is 4.90 Å². The topological polar surface area (TPSA) is 49.4 Å². The number of rotatable bonds is 3. The van der Waals surface area contributed by atoms with E-state index >= 15 is 0 Å². The van der Waals surface area contributed by atoms with E-state index in [1.54, 1.807) is 0 Å². The minimum Gasteiger partial charge on any atom is -0.303 e. The third-order valence-electron chi connectivity index (χ3n) is 4.23. The van der Waals surface area contributed by atoms with E-state index in [1.807, 2.05) is 31.2 Å². The summed E-state index contributed by atoms with van der Waals surface area (Å²) in [6.07, 6.45) is 4.94. The van der Waals surface area contributed by atoms with E-state index in [0.717, 1.165) is 18.4 Å². The Balaban J connectivity index is 1.74. The Labute approximate surface area is 119 Å². The molecule has 4 heteroatoms. The van der Waals surface area contributed by atoms with Crippen molar-refractivity contribution in [1.82, 2.24) is 5.32 Å². The predicted octanol–water partition coefficient (Wildman–Crippen LogP) is 2.16. The highest BCUT2D eigenvalue weighted by Gasteiger charge is 2.40. The van der Waals surface area contributed by atoms with Crippen LogP contribution in [0.5, 0.6) is 0 Å². The molecule has 0 unspecified atom stereocenters. The van der Waals surface area contributed by atoms with Crippen LogP contribution in [0, 0.1) is 6.92 Å². The average molecular weight is 272 g/mol. The molecule has 1 atom stereocenters. The highest BCUT2D eigenvalue weighted by molar-refractivity contribution is 6.22. The summed E-state index contributed by atoms with van der Waals surface area (Å²) in [6, 6.07) is 7.58. The number of aryl methyl sites for hydroxylation is 1. The number of nitrogens with zero attached hydrogens (tertiary/aromatic N) is 1. The lowest BCUT2D eigenvalue weighted by atomic mass is 10.2. The Morgan fingerprint density at radius 3 is 2.40 bits per heavy atom. The number of hydrogen-bond donors (Lipinski definition) is 1. The molecule has 0 bridgehead atoms. The van der Waals surface area contributed by atoms with Crippen LogP contribution in [0.25, 0.3) is 0 Å². The van der Waals surface area contributed by atoms with Gasteiger partial charge in [-0.15, -0.1) is 0 Å². The van der Waals surface area contributed by atoms with Crippen molar-refractivity contribution in [3.05, 3.63) is 29.8 Å². The van der Waals surface area contributed by atoms with Gasteiger partial charge in [-0.3, -0.25) is 9.59 Å². The van der Waals surface area contributed by atoms with Crippen LogP contribution in [0.15, 0.2) is 24.3 Å². The third kappa shape index (κ3) is 2.48. The van der Waals surface area contributed by atoms with Crippen molar-refractivity contribution in [2.75, 3.05) is 4.90 Å². The molecule has 1 aliphatic heterocycles. The minimum absolute atomic E-state index is 0.102. The first-order valence-electron chi connectivity index (χ1n) is 7.34. The van der Waals surface area contributed by atoms with Gasteiger partial charge < -0.3 is 5.32 Å². The molecule has 0 aromatic heterocycles. The van der Waals surface area contributed by atoms with Crippen LogP contribution in [0.4, 0.5) is 5.69 Å². The molecular weight excluding hydrogens is 252 g/mol. The van der Waals surface area contributed by atoms with Crippen molar-refractivity contribution in [1.29, 1.82) is 0 Å². The maximum absolute atomic E-state index is 12.4. The van der Waals surface area contributed by atoms with Crippen LogP contribution >= 0.6 is 0 Å². The summed E-state index contributed by atoms with van der Waals surface area (Å²) in [5.41, 5.74) is 1.80. The molecule has 0 radical (unpaired) electrons. The molecule has 1 heterocycles. The van der Waals surface area contributed by atoms with Crippen LogP contribution in [-0.4, -0.2) is 23.9 Å². The van der Waals surface area contributed by atoms with Gasteiger partial charge in [-0.1, -0.05) is 30.5 Å². The van der Waals surface area contributed by atoms with Crippen LogP contribution in [0.1, 0.15) is 37.7 Å². The maximum Gasteiger partial charge on any atom is 0.251 e. The molecule has 0 spiro atoms. The SMILES string of the molecule is Cc1ccc(N2C(=O)C[C@@H](NC3CCCC3)C2=O)cc1. The van der Waals surface area contributed by atoms with E-state index in [0.29, 0.717) is 11.7 Å². The zero-order valence-corrected chi connectivity index (χ0v) is 11.8. The fraction of sp³-hybridized carbons (Fsp3) is 0.500. The van der Waals surface area contributed by atoms with Gasteiger partial charge in [0.2, 0.25) is 5.91 Å². The molecule has 2 aliphatic rings. The molecule has 4 nitrogen and oxygen atoms in total. The number of anilines is 1. The first kappa shape index (κ1) is 13.3. The molecule has 1 aromatic carbocycles. The smallest absolute Gasteiger partial charge is 0.251 e. The third-order valence-corrected chi connectivity index (χ3v) is 4.23. The van der Waals surface area contributed by atoms with Crippen molar-refractivity contribution >= 4 is 17.5 Å². The zero-order valence-electron chi connectivity index (χ0n) is 11.8. The molecule has 1 aliphatic carbocycles. The average Bonchev–Trinajstić information content (AvgIpc) is 3.02. The van der Waals surface area contributed by atoms with E-state index in [-0.39, 0.29) is 24.3 Å². The van der Waals surface area contributed by atoms with E-state index in [2.05, 4.69) is 5.32 Å². The summed E-state index contributed by atoms with van der Waals surface area (Å²) in [5.74, 6) is -0.208. The molecular formula is C16H20N2O2. The van der Waals surface area contributed by atoms with Crippen molar-refractivity contribution < 1.29 is 9.59 Å². The van der Waals surface area contributed by atoms with Crippen LogP contribution < -0.4 is 10.2 Å². The summed E-state index contributed by atoms with van der Waals surface area (Å²) < 4.78 is 0. The minimum atomic E-state index is -0.341. The van der Waals surface area contributed by atoms with Crippen LogP contribution in [0.3, 0.4) is 0 Å². The van der Waals surface area contributed by atoms with Gasteiger partial charge >= 0.3 is 0 Å². The Morgan fingerprint density at radius 1 is 1.10 bits per heavy atom. The fourth-order valence-electron chi connectivity index (χ4n) is 3.10. The van der Waals surface area contributed by atoms with Gasteiger partial charge in [0.1, 0.15) is 0 Å². The number of carbonyl (C=O) groups is 2. The monoisotopic (exact) mass is 272 g/mol. The normalized spacial score (nSPS) is 23.9. The van der Waals surface area contributed by atoms with E-state index in [1.165, 1.54) is 17.7 Å². The summed E-state index contributed by atoms with van der Waals surface area (Å²) in [6.45, 7) is 1.99. The van der Waals surface area contributed by atoms with Gasteiger partial charge in [0.15, 0.2) is 0 Å². The van der Waals surface area contributed by atoms with E-state index in [9.17, 15) is 9.59 Å². The van der Waals surface area contributed by atoms with Crippen LogP contribution in [0.2, 0.25) is 0 Å². The molecule has 3 rings (SSSR count). The Bertz CT molecular complexity index is 518. The largest absolute Gasteiger partial charge is 0.303 e. The lowest BCUT2D eigenvalue weighted by Gasteiger charge is -2.18. The molecule has 106 valence electrons. The number of benzene rings is 1. The second kappa shape index (κ2) is 5.37. The van der Waals surface area contributed by atoms with Gasteiger partial charge in [0, 0.05) is 6.04 Å². The van der Waals surface area contributed by atoms with Crippen molar-refractivity contribution in [2.45, 2.75) is 51.1 Å². The standard InChI is InChI=1S/C16H20N2O2/c1-11-6-8-13(9-7-11)18-15(19)10-14(16(18)20)17-12-4-2-3-5-12/h6-9,12,14,17H,2-5,10H2,1H3/t14-/m1/s1. The first-order chi connectivity index (χ1) is 9.65. The fourth-order valence-corrected chi connectivity index (χ4v) is 3.10. The number of amides is 2. The lowest BCUT2D eigenvalue weighted by molar-refractivity contribution is -0.121. The summed E-state index contributed by atoms with van der Waals surface area (Å²) in [7, 11) is 0. The highest BCUT2D eigenvalue weighted by atomic mass is 16.2. The first-order valence-corrected chi connectivity index (χ1v) is 7.34. The molecule has 1 N–H and O–H groups in total. The predicted molar refractivity (Wildman–Crippen MR) is 77.5 cm³/mol. The Kier molecular flexibility index (Phi) is 3.57. The maximum atomic E-state index is 12.4. The van der Waals surface area contributed by atoms with Crippen LogP contribution in [-0.2, 0) is 9.59 Å². The molecule has 1 saturated carbocycles. The van der Waals surface area contributed by atoms with Gasteiger partial charge in [0.05, 0.1) is 18.2 Å². The van der Waals surface area contributed by atoms with Crippen molar-refractivity contribution in [3.63, 3.8) is 0 Å². The van der Waals surface area contributed by atoms with Gasteiger partial charge in [-0.2, -0.15) is 0 Å². The van der Waals surface area contributed by atoms with E-state index < -0.39 is 0 Å². The number of imide groups is 1. The molecule has 2 amide bonds. The second-order valence-electron chi connectivity index (χ2n) is 5.81. The molecule has 2 fully saturated rings. The highest BCUT2D eigenvalue weighted by Crippen LogP contribution is 2.25. The molecule has 1 saturated heterocycles. The van der Waals surface area contributed by atoms with Gasteiger partial charge in [0.25, 0.3) is 5.91 Å². The van der Waals surface area contributed by atoms with Gasteiger partial charge in [-0.05, 0) is 31.9 Å². The summed E-state index contributed by atoms with van der Waals surface area (Å²) in [4.78, 5) is 25.9. The molecule has 20 heavy (non-hydrogen) atoms. The lowest BCUT2D eigenvalue weighted by Crippen LogP contribution is -2.42. The quantitative estimate of drug-likeness (QED) is 0.858. The summed E-state index contributed by atoms with van der Waals surface area (Å²) in [5, 5.41) is 3.36. The number of carbonyl (C=O) groups excluding carboxylic acids is 2. The molecule has 1 aromatic rings. The Hall–Kier alpha value is -1.68. The summed E-state index contributed by atoms with van der Waals surface area (Å²) >= 11 is 0. The number of nitrogens with one attached hydrogen (secondary N) is 1. The van der Waals surface area contributed by atoms with E-state index in [4.69, 9.17) is 0 Å². The number of hydrogen-bond acceptors (Lipinski definition) is 3. The zero-order chi connectivity index (χ0) is 14.1. The second-order valence-corrected chi connectivity index (χ2v) is 5.81. The van der Waals surface area contributed by atoms with Crippen molar-refractivity contribution in [2.24, 2.45) is 0 Å². The Morgan fingerprint density at radius 2 is 1.75 bits per heavy atom. The van der Waals surface area contributed by atoms with Crippen molar-refractivity contribution in [3.8, 4) is 0 Å².